The van der Waals surface area contributed by atoms with Crippen molar-refractivity contribution in [2.24, 2.45) is 0 Å². The molecule has 0 N–H and O–H groups in total. The number of ether oxygens (including phenoxy) is 6. The third-order valence-electron chi connectivity index (χ3n) is 14.0. The molecule has 1 aliphatic carbocycles. The molecule has 1 saturated carbocycles. The topological polar surface area (TPSA) is 107 Å². The van der Waals surface area contributed by atoms with E-state index in [1.807, 2.05) is 123 Å². The van der Waals surface area contributed by atoms with Crippen molar-refractivity contribution in [2.45, 2.75) is 64.7 Å². The highest BCUT2D eigenvalue weighted by molar-refractivity contribution is 6.15. The Morgan fingerprint density at radius 3 is 1.36 bits per heavy atom. The second-order valence-electron chi connectivity index (χ2n) is 18.6. The summed E-state index contributed by atoms with van der Waals surface area (Å²) in [6.45, 7) is 5.30. The van der Waals surface area contributed by atoms with Crippen molar-refractivity contribution < 1.29 is 42.8 Å². The monoisotopic (exact) mass is 966 g/mol. The van der Waals surface area contributed by atoms with Gasteiger partial charge in [0.1, 0.15) is 34.5 Å². The van der Waals surface area contributed by atoms with E-state index in [2.05, 4.69) is 54.6 Å². The van der Waals surface area contributed by atoms with Crippen molar-refractivity contribution in [2.75, 3.05) is 7.11 Å². The lowest BCUT2D eigenvalue weighted by Crippen LogP contribution is -2.30. The van der Waals surface area contributed by atoms with Crippen LogP contribution >= 0.6 is 0 Å². The smallest absolute Gasteiger partial charge is 0.496 e. The van der Waals surface area contributed by atoms with Gasteiger partial charge >= 0.3 is 18.3 Å². The lowest BCUT2D eigenvalue weighted by molar-refractivity contribution is -0.131. The molecule has 0 saturated heterocycles. The molecule has 0 heterocycles. The van der Waals surface area contributed by atoms with Gasteiger partial charge in [-0.05, 0) is 183 Å². The van der Waals surface area contributed by atoms with Crippen LogP contribution in [0.5, 0.6) is 34.5 Å². The van der Waals surface area contributed by atoms with Gasteiger partial charge in [-0.2, -0.15) is 0 Å². The van der Waals surface area contributed by atoms with Crippen molar-refractivity contribution in [3.8, 4) is 56.8 Å². The van der Waals surface area contributed by atoms with Crippen molar-refractivity contribution in [1.82, 2.24) is 0 Å². The molecule has 364 valence electrons. The Kier molecular flexibility index (Phi) is 13.8. The van der Waals surface area contributed by atoms with Crippen LogP contribution in [0.25, 0.3) is 43.8 Å². The molecule has 0 unspecified atom stereocenters. The average molecular weight is 967 g/mol. The molecule has 9 heteroatoms. The van der Waals surface area contributed by atoms with E-state index in [0.29, 0.717) is 35.2 Å². The Balaban J connectivity index is 0.793. The predicted octanol–water partition coefficient (Wildman–Crippen LogP) is 15.9. The van der Waals surface area contributed by atoms with E-state index in [0.717, 1.165) is 109 Å². The van der Waals surface area contributed by atoms with Crippen LogP contribution in [0, 0.1) is 13.8 Å². The van der Waals surface area contributed by atoms with E-state index in [1.165, 1.54) is 12.5 Å². The number of benzene rings is 9. The van der Waals surface area contributed by atoms with Gasteiger partial charge in [0, 0.05) is 12.3 Å². The highest BCUT2D eigenvalue weighted by Gasteiger charge is 2.36. The fraction of sp³-hybridized carbons (Fsp3) is 0.172. The van der Waals surface area contributed by atoms with Gasteiger partial charge in [0.2, 0.25) is 0 Å². The molecule has 0 aliphatic heterocycles. The zero-order valence-corrected chi connectivity index (χ0v) is 41.2. The van der Waals surface area contributed by atoms with Crippen LogP contribution in [-0.4, -0.2) is 25.4 Å². The van der Waals surface area contributed by atoms with Gasteiger partial charge in [-0.25, -0.2) is 9.59 Å². The summed E-state index contributed by atoms with van der Waals surface area (Å²) in [5.74, 6) is 2.54. The van der Waals surface area contributed by atoms with Crippen molar-refractivity contribution in [3.05, 3.63) is 215 Å². The Morgan fingerprint density at radius 2 is 0.877 bits per heavy atom. The van der Waals surface area contributed by atoms with Crippen LogP contribution in [0.1, 0.15) is 72.4 Å². The summed E-state index contributed by atoms with van der Waals surface area (Å²) in [6, 6.07) is 59.1. The molecule has 0 atom stereocenters. The number of hydrogen-bond acceptors (Lipinski definition) is 9. The first kappa shape index (κ1) is 48.0. The van der Waals surface area contributed by atoms with Gasteiger partial charge in [-0.1, -0.05) is 128 Å². The molecule has 0 amide bonds. The summed E-state index contributed by atoms with van der Waals surface area (Å²) in [5.41, 5.74) is 10.2. The van der Waals surface area contributed by atoms with E-state index in [9.17, 15) is 14.4 Å². The Hall–Kier alpha value is -8.69. The first-order chi connectivity index (χ1) is 35.5. The molecule has 0 spiro atoms. The molecule has 0 aromatic heterocycles. The third-order valence-corrected chi connectivity index (χ3v) is 14.0. The van der Waals surface area contributed by atoms with E-state index in [-0.39, 0.29) is 11.4 Å². The molecular formula is C64H54O9. The third kappa shape index (κ3) is 10.4. The van der Waals surface area contributed by atoms with Crippen molar-refractivity contribution in [1.29, 1.82) is 0 Å². The molecule has 10 rings (SSSR count). The Bertz CT molecular complexity index is 3420. The number of methoxy groups -OCH3 is 1. The Morgan fingerprint density at radius 1 is 0.452 bits per heavy atom. The van der Waals surface area contributed by atoms with Crippen LogP contribution in [0.3, 0.4) is 0 Å². The Labute approximate surface area is 424 Å². The van der Waals surface area contributed by atoms with E-state index in [4.69, 9.17) is 28.4 Å². The van der Waals surface area contributed by atoms with Gasteiger partial charge in [-0.3, -0.25) is 4.79 Å². The van der Waals surface area contributed by atoms with Gasteiger partial charge in [0.05, 0.1) is 7.11 Å². The summed E-state index contributed by atoms with van der Waals surface area (Å²) < 4.78 is 33.4. The number of carbonyl (C=O) groups is 3. The first-order valence-electron chi connectivity index (χ1n) is 24.6. The van der Waals surface area contributed by atoms with Crippen LogP contribution < -0.4 is 28.4 Å². The number of hydrogen-bond donors (Lipinski definition) is 0. The summed E-state index contributed by atoms with van der Waals surface area (Å²) in [7, 11) is 1.66. The second kappa shape index (κ2) is 21.0. The minimum absolute atomic E-state index is 0.268. The lowest BCUT2D eigenvalue weighted by atomic mass is 9.65. The molecule has 1 fully saturated rings. The molecule has 1 aliphatic rings. The summed E-state index contributed by atoms with van der Waals surface area (Å²) in [6.07, 6.45) is 4.23. The van der Waals surface area contributed by atoms with Gasteiger partial charge in [0.25, 0.3) is 0 Å². The fourth-order valence-corrected chi connectivity index (χ4v) is 10.5. The molecular weight excluding hydrogens is 913 g/mol. The van der Waals surface area contributed by atoms with Crippen LogP contribution in [0.4, 0.5) is 9.59 Å². The van der Waals surface area contributed by atoms with Gasteiger partial charge in [-0.15, -0.1) is 0 Å². The highest BCUT2D eigenvalue weighted by atomic mass is 16.7. The molecule has 9 aromatic carbocycles. The average Bonchev–Trinajstić information content (AvgIpc) is 3.40. The van der Waals surface area contributed by atoms with Crippen LogP contribution in [-0.2, 0) is 16.6 Å². The van der Waals surface area contributed by atoms with E-state index < -0.39 is 12.3 Å². The molecule has 0 radical (unpaired) electrons. The van der Waals surface area contributed by atoms with E-state index in [1.54, 1.807) is 25.3 Å². The van der Waals surface area contributed by atoms with Crippen molar-refractivity contribution >= 4 is 39.8 Å². The SMILES string of the molecule is COc1ccc(-c2ccc(OC(=O)Oc3ccc(C4(c5ccc(OC(=O)Oc6ccc(-c7c8ccccc8c(Cc8ccc(OC(C)=O)cc8)c8ccccc78)cc6)cc5)CCCCC4)cc3)c(C)c2)cc1C. The molecule has 9 nitrogen and oxygen atoms in total. The highest BCUT2D eigenvalue weighted by Crippen LogP contribution is 2.46. The number of esters is 1. The number of rotatable bonds is 12. The van der Waals surface area contributed by atoms with Crippen LogP contribution in [0.2, 0.25) is 0 Å². The fourth-order valence-electron chi connectivity index (χ4n) is 10.5. The van der Waals surface area contributed by atoms with E-state index >= 15 is 0 Å². The maximum atomic E-state index is 13.2. The van der Waals surface area contributed by atoms with Gasteiger partial charge in [0.15, 0.2) is 0 Å². The molecule has 9 aromatic rings. The maximum Gasteiger partial charge on any atom is 0.519 e. The maximum absolute atomic E-state index is 13.2. The minimum Gasteiger partial charge on any atom is -0.496 e. The quantitative estimate of drug-likeness (QED) is 0.0512. The lowest BCUT2D eigenvalue weighted by Gasteiger charge is -2.38. The van der Waals surface area contributed by atoms with Crippen LogP contribution in [0.15, 0.2) is 182 Å². The largest absolute Gasteiger partial charge is 0.519 e. The predicted molar refractivity (Wildman–Crippen MR) is 285 cm³/mol. The standard InChI is InChI=1S/C64H54O9/c1-41-38-46(20-34-59(41)68-4)47-21-35-60(42(2)39-47)73-63(67)72-53-32-24-49(25-33-53)64(36-10-5-11-37-64)48-22-30-52(31-23-48)71-62(66)70-51-28-18-45(19-29-51)61-56-14-8-6-12-54(56)58(55-13-7-9-15-57(55)61)40-44-16-26-50(27-17-44)69-43(3)65/h6-9,12-35,38-39H,5,10-11,36-37,40H2,1-4H3. The molecule has 0 bridgehead atoms. The zero-order valence-electron chi connectivity index (χ0n) is 41.2. The first-order valence-corrected chi connectivity index (χ1v) is 24.6. The summed E-state index contributed by atoms with van der Waals surface area (Å²) >= 11 is 0. The normalized spacial score (nSPS) is 13.0. The summed E-state index contributed by atoms with van der Waals surface area (Å²) in [5, 5.41) is 4.50. The zero-order chi connectivity index (χ0) is 50.5. The van der Waals surface area contributed by atoms with Crippen molar-refractivity contribution in [3.63, 3.8) is 0 Å². The summed E-state index contributed by atoms with van der Waals surface area (Å²) in [4.78, 5) is 37.7. The second-order valence-corrected chi connectivity index (χ2v) is 18.6. The number of aryl methyl sites for hydroxylation is 2. The molecule has 73 heavy (non-hydrogen) atoms. The van der Waals surface area contributed by atoms with Gasteiger partial charge < -0.3 is 28.4 Å². The minimum atomic E-state index is -0.834. The number of carbonyl (C=O) groups excluding carboxylic acids is 3. The number of fused-ring (bicyclic) bond motifs is 2.